The summed E-state index contributed by atoms with van der Waals surface area (Å²) in [6.07, 6.45) is 2.68. The zero-order valence-corrected chi connectivity index (χ0v) is 14.2. The maximum Gasteiger partial charge on any atom is 0.0445 e. The summed E-state index contributed by atoms with van der Waals surface area (Å²) in [6.45, 7) is 22.0. The van der Waals surface area contributed by atoms with Gasteiger partial charge in [0.25, 0.3) is 0 Å². The van der Waals surface area contributed by atoms with Crippen LogP contribution in [0.5, 0.6) is 0 Å². The number of hydrogen-bond donors (Lipinski definition) is 0. The quantitative estimate of drug-likeness (QED) is 0.533. The van der Waals surface area contributed by atoms with E-state index in [9.17, 15) is 0 Å². The molecule has 0 aromatic rings. The van der Waals surface area contributed by atoms with Gasteiger partial charge < -0.3 is 0 Å². The van der Waals surface area contributed by atoms with Gasteiger partial charge in [0.05, 0.1) is 0 Å². The SMILES string of the molecule is CCC(C)(C)CC(C[Si](C)(C)C)C(C)(C)C. The minimum Gasteiger partial charge on any atom is -0.0695 e. The van der Waals surface area contributed by atoms with Crippen LogP contribution in [0, 0.1) is 16.7 Å². The monoisotopic (exact) mass is 242 g/mol. The van der Waals surface area contributed by atoms with Crippen molar-refractivity contribution in [2.45, 2.75) is 80.1 Å². The van der Waals surface area contributed by atoms with Crippen molar-refractivity contribution < 1.29 is 0 Å². The van der Waals surface area contributed by atoms with E-state index in [1.165, 1.54) is 18.9 Å². The minimum absolute atomic E-state index is 0.465. The molecule has 0 aliphatic carbocycles. The van der Waals surface area contributed by atoms with Gasteiger partial charge in [0.1, 0.15) is 0 Å². The van der Waals surface area contributed by atoms with Crippen LogP contribution in [0.4, 0.5) is 0 Å². The number of hydrogen-bond acceptors (Lipinski definition) is 0. The first kappa shape index (κ1) is 16.2. The second kappa shape index (κ2) is 5.24. The molecule has 1 atom stereocenters. The topological polar surface area (TPSA) is 0 Å². The molecular formula is C15H34Si. The first-order valence-electron chi connectivity index (χ1n) is 6.87. The average Bonchev–Trinajstić information content (AvgIpc) is 1.98. The van der Waals surface area contributed by atoms with E-state index in [0.29, 0.717) is 10.8 Å². The molecule has 0 saturated carbocycles. The Hall–Kier alpha value is 0.217. The highest BCUT2D eigenvalue weighted by Gasteiger charge is 2.33. The first-order valence-corrected chi connectivity index (χ1v) is 10.6. The maximum absolute atomic E-state index is 2.50. The van der Waals surface area contributed by atoms with E-state index in [2.05, 4.69) is 61.2 Å². The van der Waals surface area contributed by atoms with Crippen LogP contribution in [0.15, 0.2) is 0 Å². The summed E-state index contributed by atoms with van der Waals surface area (Å²) in [6, 6.07) is 1.47. The Morgan fingerprint density at radius 3 is 1.62 bits per heavy atom. The molecule has 1 unspecified atom stereocenters. The van der Waals surface area contributed by atoms with Gasteiger partial charge in [-0.15, -0.1) is 0 Å². The van der Waals surface area contributed by atoms with Crippen LogP contribution in [0.3, 0.4) is 0 Å². The summed E-state index contributed by atoms with van der Waals surface area (Å²) in [5, 5.41) is 0. The molecule has 1 heteroatoms. The van der Waals surface area contributed by atoms with E-state index in [0.717, 1.165) is 5.92 Å². The van der Waals surface area contributed by atoms with Gasteiger partial charge in [-0.3, -0.25) is 0 Å². The van der Waals surface area contributed by atoms with Crippen molar-refractivity contribution in [2.75, 3.05) is 0 Å². The zero-order valence-electron chi connectivity index (χ0n) is 13.2. The summed E-state index contributed by atoms with van der Waals surface area (Å²) in [5.74, 6) is 0.883. The van der Waals surface area contributed by atoms with Crippen LogP contribution in [-0.4, -0.2) is 8.07 Å². The smallest absolute Gasteiger partial charge is 0.0445 e. The highest BCUT2D eigenvalue weighted by Crippen LogP contribution is 2.42. The lowest BCUT2D eigenvalue weighted by Crippen LogP contribution is -2.33. The normalized spacial score (nSPS) is 16.3. The van der Waals surface area contributed by atoms with Crippen molar-refractivity contribution >= 4 is 8.07 Å². The van der Waals surface area contributed by atoms with Crippen molar-refractivity contribution in [2.24, 2.45) is 16.7 Å². The average molecular weight is 243 g/mol. The second-order valence-electron chi connectivity index (χ2n) is 8.55. The molecule has 16 heavy (non-hydrogen) atoms. The standard InChI is InChI=1S/C15H34Si/c1-10-15(5,6)11-13(14(2,3)4)12-16(7,8)9/h13H,10-12H2,1-9H3. The fraction of sp³-hybridized carbons (Fsp3) is 1.00. The fourth-order valence-corrected chi connectivity index (χ4v) is 4.47. The van der Waals surface area contributed by atoms with E-state index < -0.39 is 8.07 Å². The maximum atomic E-state index is 2.50. The highest BCUT2D eigenvalue weighted by molar-refractivity contribution is 6.76. The largest absolute Gasteiger partial charge is 0.0695 e. The highest BCUT2D eigenvalue weighted by atomic mass is 28.3. The van der Waals surface area contributed by atoms with E-state index in [4.69, 9.17) is 0 Å². The second-order valence-corrected chi connectivity index (χ2v) is 14.1. The van der Waals surface area contributed by atoms with Gasteiger partial charge in [0, 0.05) is 8.07 Å². The van der Waals surface area contributed by atoms with Crippen LogP contribution in [0.2, 0.25) is 25.7 Å². The summed E-state index contributed by atoms with van der Waals surface area (Å²) in [5.41, 5.74) is 0.977. The Balaban J connectivity index is 4.71. The Morgan fingerprint density at radius 1 is 0.938 bits per heavy atom. The van der Waals surface area contributed by atoms with Gasteiger partial charge in [-0.1, -0.05) is 73.6 Å². The van der Waals surface area contributed by atoms with Gasteiger partial charge in [-0.05, 0) is 23.2 Å². The predicted molar refractivity (Wildman–Crippen MR) is 79.8 cm³/mol. The molecule has 0 amide bonds. The predicted octanol–water partition coefficient (Wildman–Crippen LogP) is 5.81. The Morgan fingerprint density at radius 2 is 1.38 bits per heavy atom. The first-order chi connectivity index (χ1) is 6.87. The van der Waals surface area contributed by atoms with Crippen molar-refractivity contribution in [1.29, 1.82) is 0 Å². The Labute approximate surface area is 105 Å². The molecule has 0 aliphatic rings. The van der Waals surface area contributed by atoms with E-state index in [1.54, 1.807) is 0 Å². The van der Waals surface area contributed by atoms with E-state index >= 15 is 0 Å². The lowest BCUT2D eigenvalue weighted by molar-refractivity contribution is 0.165. The summed E-state index contributed by atoms with van der Waals surface area (Å²) in [7, 11) is -0.943. The lowest BCUT2D eigenvalue weighted by atomic mass is 9.71. The third-order valence-corrected chi connectivity index (χ3v) is 5.56. The van der Waals surface area contributed by atoms with Gasteiger partial charge in [-0.25, -0.2) is 0 Å². The van der Waals surface area contributed by atoms with Crippen LogP contribution in [0.1, 0.15) is 54.4 Å². The molecule has 0 bridgehead atoms. The minimum atomic E-state index is -0.943. The third kappa shape index (κ3) is 6.73. The van der Waals surface area contributed by atoms with Crippen molar-refractivity contribution in [3.8, 4) is 0 Å². The Kier molecular flexibility index (Phi) is 5.32. The molecule has 98 valence electrons. The summed E-state index contributed by atoms with van der Waals surface area (Å²) < 4.78 is 0. The molecule has 0 saturated heterocycles. The molecule has 0 radical (unpaired) electrons. The third-order valence-electron chi connectivity index (χ3n) is 3.84. The summed E-state index contributed by atoms with van der Waals surface area (Å²) >= 11 is 0. The molecule has 0 rings (SSSR count). The van der Waals surface area contributed by atoms with Crippen molar-refractivity contribution in [1.82, 2.24) is 0 Å². The van der Waals surface area contributed by atoms with Crippen LogP contribution in [-0.2, 0) is 0 Å². The lowest BCUT2D eigenvalue weighted by Gasteiger charge is -2.39. The Bertz CT molecular complexity index is 202. The van der Waals surface area contributed by atoms with Gasteiger partial charge in [0.2, 0.25) is 0 Å². The molecule has 0 N–H and O–H groups in total. The molecule has 0 aliphatic heterocycles. The fourth-order valence-electron chi connectivity index (χ4n) is 2.24. The molecule has 0 aromatic carbocycles. The van der Waals surface area contributed by atoms with Gasteiger partial charge in [-0.2, -0.15) is 0 Å². The summed E-state index contributed by atoms with van der Waals surface area (Å²) in [4.78, 5) is 0. The van der Waals surface area contributed by atoms with Gasteiger partial charge >= 0.3 is 0 Å². The van der Waals surface area contributed by atoms with E-state index in [-0.39, 0.29) is 0 Å². The van der Waals surface area contributed by atoms with Crippen LogP contribution in [0.25, 0.3) is 0 Å². The molecule has 0 aromatic heterocycles. The molecule has 0 fully saturated rings. The molecular weight excluding hydrogens is 208 g/mol. The van der Waals surface area contributed by atoms with Gasteiger partial charge in [0.15, 0.2) is 0 Å². The van der Waals surface area contributed by atoms with Crippen molar-refractivity contribution in [3.63, 3.8) is 0 Å². The van der Waals surface area contributed by atoms with Crippen molar-refractivity contribution in [3.05, 3.63) is 0 Å². The molecule has 0 heterocycles. The van der Waals surface area contributed by atoms with E-state index in [1.807, 2.05) is 0 Å². The molecule has 0 spiro atoms. The van der Waals surface area contributed by atoms with Crippen LogP contribution < -0.4 is 0 Å². The molecule has 0 nitrogen and oxygen atoms in total. The number of rotatable bonds is 5. The van der Waals surface area contributed by atoms with Crippen LogP contribution >= 0.6 is 0 Å². The zero-order chi connectivity index (χ0) is 13.2.